The van der Waals surface area contributed by atoms with Crippen LogP contribution in [0.25, 0.3) is 0 Å². The van der Waals surface area contributed by atoms with Crippen LogP contribution in [0.1, 0.15) is 31.2 Å². The number of aliphatic imine (C=N–C) groups is 1. The maximum atomic E-state index is 12.2. The largest absolute Gasteiger partial charge is 0.435 e. The number of nitrogens with zero attached hydrogens (tertiary/aromatic N) is 2. The van der Waals surface area contributed by atoms with Gasteiger partial charge in [-0.3, -0.25) is 4.99 Å². The molecule has 2 aliphatic rings. The van der Waals surface area contributed by atoms with Crippen molar-refractivity contribution >= 4 is 29.9 Å². The number of hydrogen-bond donors (Lipinski definition) is 1. The van der Waals surface area contributed by atoms with Crippen molar-refractivity contribution in [1.82, 2.24) is 10.2 Å². The quantitative estimate of drug-likeness (QED) is 0.374. The molecule has 0 amide bonds. The Morgan fingerprint density at radius 1 is 1.32 bits per heavy atom. The van der Waals surface area contributed by atoms with E-state index in [1.807, 2.05) is 11.9 Å². The number of ether oxygens (including phenoxy) is 1. The molecule has 1 aromatic carbocycles. The van der Waals surface area contributed by atoms with Crippen LogP contribution in [0.15, 0.2) is 29.3 Å². The first-order chi connectivity index (χ1) is 11.5. The maximum Gasteiger partial charge on any atom is 0.387 e. The number of nitrogens with one attached hydrogen (secondary N) is 1. The van der Waals surface area contributed by atoms with Crippen LogP contribution in [0.5, 0.6) is 5.75 Å². The monoisotopic (exact) mass is 465 g/mol. The van der Waals surface area contributed by atoms with Crippen LogP contribution in [0.2, 0.25) is 0 Å². The van der Waals surface area contributed by atoms with Crippen molar-refractivity contribution in [2.45, 2.75) is 38.8 Å². The minimum absolute atomic E-state index is 0. The Hall–Kier alpha value is -1.12. The van der Waals surface area contributed by atoms with Crippen LogP contribution in [-0.4, -0.2) is 38.1 Å². The summed E-state index contributed by atoms with van der Waals surface area (Å²) in [6.07, 6.45) is 5.42. The number of rotatable bonds is 7. The molecule has 0 heterocycles. The van der Waals surface area contributed by atoms with E-state index < -0.39 is 6.61 Å². The molecule has 25 heavy (non-hydrogen) atoms. The van der Waals surface area contributed by atoms with Gasteiger partial charge in [-0.1, -0.05) is 12.1 Å². The fourth-order valence-corrected chi connectivity index (χ4v) is 3.35. The number of guanidine groups is 1. The molecule has 0 aliphatic heterocycles. The standard InChI is InChI=1S/C18H25F2N3O.HI/c1-21-17(22-12-18(9-10-18)14-5-6-14)23(2)11-13-3-7-15(8-4-13)24-16(19)20;/h3-4,7-8,14,16H,5-6,9-12H2,1-2H3,(H,21,22);1H. The third-order valence-corrected chi connectivity index (χ3v) is 5.08. The molecule has 0 radical (unpaired) electrons. The molecule has 1 aromatic rings. The van der Waals surface area contributed by atoms with Gasteiger partial charge in [-0.2, -0.15) is 8.78 Å². The Labute approximate surface area is 165 Å². The molecule has 3 rings (SSSR count). The lowest BCUT2D eigenvalue weighted by Crippen LogP contribution is -2.41. The van der Waals surface area contributed by atoms with Gasteiger partial charge >= 0.3 is 6.61 Å². The van der Waals surface area contributed by atoms with Crippen molar-refractivity contribution < 1.29 is 13.5 Å². The molecule has 0 atom stereocenters. The summed E-state index contributed by atoms with van der Waals surface area (Å²) in [4.78, 5) is 6.41. The summed E-state index contributed by atoms with van der Waals surface area (Å²) < 4.78 is 28.7. The normalized spacial score (nSPS) is 18.5. The zero-order chi connectivity index (χ0) is 17.2. The minimum Gasteiger partial charge on any atom is -0.435 e. The average molecular weight is 465 g/mol. The summed E-state index contributed by atoms with van der Waals surface area (Å²) >= 11 is 0. The van der Waals surface area contributed by atoms with Crippen molar-refractivity contribution in [3.05, 3.63) is 29.8 Å². The minimum atomic E-state index is -2.79. The molecule has 2 fully saturated rings. The first-order valence-corrected chi connectivity index (χ1v) is 8.48. The molecule has 4 nitrogen and oxygen atoms in total. The highest BCUT2D eigenvalue weighted by Crippen LogP contribution is 2.60. The molecule has 7 heteroatoms. The van der Waals surface area contributed by atoms with Crippen molar-refractivity contribution in [2.24, 2.45) is 16.3 Å². The zero-order valence-corrected chi connectivity index (χ0v) is 17.0. The molecule has 0 spiro atoms. The SMILES string of the molecule is CN=C(NCC1(C2CC2)CC1)N(C)Cc1ccc(OC(F)F)cc1.I. The Morgan fingerprint density at radius 3 is 2.44 bits per heavy atom. The average Bonchev–Trinajstić information content (AvgIpc) is 3.43. The molecule has 0 saturated heterocycles. The highest BCUT2D eigenvalue weighted by atomic mass is 127. The Kier molecular flexibility index (Phi) is 6.87. The van der Waals surface area contributed by atoms with Gasteiger partial charge in [0.25, 0.3) is 0 Å². The number of benzene rings is 1. The van der Waals surface area contributed by atoms with E-state index in [-0.39, 0.29) is 29.7 Å². The van der Waals surface area contributed by atoms with E-state index in [4.69, 9.17) is 0 Å². The van der Waals surface area contributed by atoms with Gasteiger partial charge in [-0.15, -0.1) is 24.0 Å². The van der Waals surface area contributed by atoms with E-state index in [0.29, 0.717) is 12.0 Å². The molecule has 0 bridgehead atoms. The van der Waals surface area contributed by atoms with E-state index in [9.17, 15) is 8.78 Å². The zero-order valence-electron chi connectivity index (χ0n) is 14.7. The molecule has 2 aliphatic carbocycles. The molecule has 0 unspecified atom stereocenters. The third kappa shape index (κ3) is 5.43. The summed E-state index contributed by atoms with van der Waals surface area (Å²) in [6, 6.07) is 6.73. The van der Waals surface area contributed by atoms with Crippen LogP contribution in [-0.2, 0) is 6.54 Å². The van der Waals surface area contributed by atoms with Crippen molar-refractivity contribution in [3.8, 4) is 5.75 Å². The predicted octanol–water partition coefficient (Wildman–Crippen LogP) is 4.10. The van der Waals surface area contributed by atoms with Gasteiger partial charge in [0.05, 0.1) is 0 Å². The fourth-order valence-electron chi connectivity index (χ4n) is 3.35. The van der Waals surface area contributed by atoms with E-state index in [0.717, 1.165) is 24.0 Å². The smallest absolute Gasteiger partial charge is 0.387 e. The lowest BCUT2D eigenvalue weighted by molar-refractivity contribution is -0.0498. The highest BCUT2D eigenvalue weighted by Gasteiger charge is 2.53. The van der Waals surface area contributed by atoms with Gasteiger partial charge in [0, 0.05) is 27.2 Å². The first-order valence-electron chi connectivity index (χ1n) is 8.48. The molecule has 2 saturated carbocycles. The molecule has 140 valence electrons. The summed E-state index contributed by atoms with van der Waals surface area (Å²) in [7, 11) is 3.77. The van der Waals surface area contributed by atoms with E-state index in [1.54, 1.807) is 31.3 Å². The molecule has 1 N–H and O–H groups in total. The second-order valence-corrected chi connectivity index (χ2v) is 6.92. The summed E-state index contributed by atoms with van der Waals surface area (Å²) in [6.45, 7) is -1.14. The van der Waals surface area contributed by atoms with E-state index in [2.05, 4.69) is 15.0 Å². The number of halogens is 3. The second-order valence-electron chi connectivity index (χ2n) is 6.92. The molecular formula is C18H26F2IN3O. The maximum absolute atomic E-state index is 12.2. The van der Waals surface area contributed by atoms with Gasteiger partial charge in [0.2, 0.25) is 0 Å². The van der Waals surface area contributed by atoms with Crippen molar-refractivity contribution in [2.75, 3.05) is 20.6 Å². The first kappa shape index (κ1) is 20.2. The fraction of sp³-hybridized carbons (Fsp3) is 0.611. The Morgan fingerprint density at radius 2 is 1.96 bits per heavy atom. The third-order valence-electron chi connectivity index (χ3n) is 5.08. The van der Waals surface area contributed by atoms with Gasteiger partial charge < -0.3 is 15.0 Å². The van der Waals surface area contributed by atoms with Gasteiger partial charge in [-0.05, 0) is 54.7 Å². The van der Waals surface area contributed by atoms with Gasteiger partial charge in [0.15, 0.2) is 5.96 Å². The lowest BCUT2D eigenvalue weighted by Gasteiger charge is -2.24. The van der Waals surface area contributed by atoms with Crippen LogP contribution in [0.3, 0.4) is 0 Å². The van der Waals surface area contributed by atoms with E-state index >= 15 is 0 Å². The van der Waals surface area contributed by atoms with Crippen LogP contribution < -0.4 is 10.1 Å². The van der Waals surface area contributed by atoms with Crippen LogP contribution in [0.4, 0.5) is 8.78 Å². The summed E-state index contributed by atoms with van der Waals surface area (Å²) in [5, 5.41) is 3.50. The van der Waals surface area contributed by atoms with E-state index in [1.165, 1.54) is 25.7 Å². The predicted molar refractivity (Wildman–Crippen MR) is 106 cm³/mol. The molecule has 0 aromatic heterocycles. The Balaban J connectivity index is 0.00000225. The van der Waals surface area contributed by atoms with Crippen molar-refractivity contribution in [1.29, 1.82) is 0 Å². The van der Waals surface area contributed by atoms with Crippen molar-refractivity contribution in [3.63, 3.8) is 0 Å². The van der Waals surface area contributed by atoms with Gasteiger partial charge in [-0.25, -0.2) is 0 Å². The number of hydrogen-bond acceptors (Lipinski definition) is 2. The van der Waals surface area contributed by atoms with Gasteiger partial charge in [0.1, 0.15) is 5.75 Å². The van der Waals surface area contributed by atoms with Crippen LogP contribution >= 0.6 is 24.0 Å². The second kappa shape index (κ2) is 8.51. The topological polar surface area (TPSA) is 36.9 Å². The van der Waals surface area contributed by atoms with Crippen LogP contribution in [0, 0.1) is 11.3 Å². The number of alkyl halides is 2. The highest BCUT2D eigenvalue weighted by molar-refractivity contribution is 14.0. The summed E-state index contributed by atoms with van der Waals surface area (Å²) in [5.41, 5.74) is 1.54. The lowest BCUT2D eigenvalue weighted by atomic mass is 10.0. The Bertz CT molecular complexity index is 586. The summed E-state index contributed by atoms with van der Waals surface area (Å²) in [5.74, 6) is 1.96. The molecular weight excluding hydrogens is 439 g/mol.